The van der Waals surface area contributed by atoms with Crippen molar-refractivity contribution in [3.8, 4) is 5.75 Å². The van der Waals surface area contributed by atoms with Crippen LogP contribution in [-0.2, 0) is 19.3 Å². The summed E-state index contributed by atoms with van der Waals surface area (Å²) in [6, 6.07) is 11.3. The second-order valence-electron chi connectivity index (χ2n) is 8.03. The minimum atomic E-state index is -4.73. The van der Waals surface area contributed by atoms with E-state index in [1.807, 2.05) is 32.0 Å². The third-order valence-corrected chi connectivity index (χ3v) is 5.59. The lowest BCUT2D eigenvalue weighted by Gasteiger charge is -2.16. The molecule has 4 rings (SSSR count). The van der Waals surface area contributed by atoms with E-state index in [1.165, 1.54) is 12.3 Å². The number of ether oxygens (including phenoxy) is 1. The molecule has 0 radical (unpaired) electrons. The van der Waals surface area contributed by atoms with Crippen LogP contribution in [0.3, 0.4) is 0 Å². The molecule has 2 N–H and O–H groups in total. The zero-order valence-corrected chi connectivity index (χ0v) is 19.4. The van der Waals surface area contributed by atoms with Crippen molar-refractivity contribution in [3.05, 3.63) is 93.3 Å². The minimum absolute atomic E-state index is 0.103. The van der Waals surface area contributed by atoms with Crippen molar-refractivity contribution < 1.29 is 17.9 Å². The Labute approximate surface area is 199 Å². The highest BCUT2D eigenvalue weighted by Crippen LogP contribution is 2.31. The number of hydrazine groups is 1. The maximum Gasteiger partial charge on any atom is 0.421 e. The largest absolute Gasteiger partial charge is 0.487 e. The van der Waals surface area contributed by atoms with Crippen LogP contribution in [-0.4, -0.2) is 21.6 Å². The highest BCUT2D eigenvalue weighted by atomic mass is 19.4. The van der Waals surface area contributed by atoms with Gasteiger partial charge in [0.2, 0.25) is 0 Å². The highest BCUT2D eigenvalue weighted by molar-refractivity contribution is 5.95. The van der Waals surface area contributed by atoms with Crippen LogP contribution in [0.1, 0.15) is 28.1 Å². The fraction of sp³-hybridized carbons (Fsp3) is 0.240. The summed E-state index contributed by atoms with van der Waals surface area (Å²) >= 11 is 0. The fourth-order valence-corrected chi connectivity index (χ4v) is 3.87. The number of rotatable bonds is 7. The second-order valence-corrected chi connectivity index (χ2v) is 8.03. The molecule has 0 bridgehead atoms. The van der Waals surface area contributed by atoms with E-state index >= 15 is 0 Å². The van der Waals surface area contributed by atoms with Crippen LogP contribution >= 0.6 is 0 Å². The quantitative estimate of drug-likeness (QED) is 0.374. The van der Waals surface area contributed by atoms with E-state index < -0.39 is 17.3 Å². The highest BCUT2D eigenvalue weighted by Gasteiger charge is 2.34. The van der Waals surface area contributed by atoms with E-state index in [1.54, 1.807) is 25.4 Å². The first-order valence-electron chi connectivity index (χ1n) is 10.8. The number of halogens is 3. The molecule has 0 fully saturated rings. The van der Waals surface area contributed by atoms with Crippen molar-refractivity contribution in [1.82, 2.24) is 20.0 Å². The van der Waals surface area contributed by atoms with Crippen LogP contribution < -0.4 is 21.1 Å². The summed E-state index contributed by atoms with van der Waals surface area (Å²) in [6.07, 6.45) is -1.85. The van der Waals surface area contributed by atoms with Crippen molar-refractivity contribution in [1.29, 1.82) is 0 Å². The summed E-state index contributed by atoms with van der Waals surface area (Å²) in [5.74, 6) is 0.552. The molecule has 0 spiro atoms. The van der Waals surface area contributed by atoms with Gasteiger partial charge in [0.05, 0.1) is 17.9 Å². The Morgan fingerprint density at radius 3 is 2.66 bits per heavy atom. The molecule has 0 aliphatic heterocycles. The van der Waals surface area contributed by atoms with Crippen molar-refractivity contribution in [3.63, 3.8) is 0 Å². The summed E-state index contributed by atoms with van der Waals surface area (Å²) in [5, 5.41) is 0.862. The Morgan fingerprint density at radius 1 is 1.11 bits per heavy atom. The van der Waals surface area contributed by atoms with Crippen LogP contribution in [0.4, 0.5) is 18.9 Å². The van der Waals surface area contributed by atoms with Crippen LogP contribution in [0.5, 0.6) is 5.75 Å². The average molecular weight is 483 g/mol. The molecule has 0 amide bonds. The van der Waals surface area contributed by atoms with Gasteiger partial charge in [0.25, 0.3) is 5.56 Å². The van der Waals surface area contributed by atoms with Crippen LogP contribution in [0.25, 0.3) is 10.9 Å². The molecule has 1 aromatic carbocycles. The average Bonchev–Trinajstić information content (AvgIpc) is 2.79. The Hall–Kier alpha value is -3.92. The van der Waals surface area contributed by atoms with Gasteiger partial charge in [-0.3, -0.25) is 9.78 Å². The fourth-order valence-electron chi connectivity index (χ4n) is 3.87. The summed E-state index contributed by atoms with van der Waals surface area (Å²) in [6.45, 7) is 3.73. The van der Waals surface area contributed by atoms with Crippen molar-refractivity contribution in [2.75, 3.05) is 12.5 Å². The summed E-state index contributed by atoms with van der Waals surface area (Å²) in [7, 11) is 1.77. The molecule has 182 valence electrons. The normalized spacial score (nSPS) is 11.6. The number of aryl methyl sites for hydroxylation is 2. The predicted molar refractivity (Wildman–Crippen MR) is 127 cm³/mol. The molecule has 0 aliphatic carbocycles. The first kappa shape index (κ1) is 24.2. The SMILES string of the molecule is CNNc1cc(C)nc2c(OCc3c(C)ccnc3Cn3cccc(C(F)(F)F)c3=O)cccc12. The van der Waals surface area contributed by atoms with Crippen LogP contribution in [0.15, 0.2) is 59.7 Å². The van der Waals surface area contributed by atoms with E-state index in [-0.39, 0.29) is 13.2 Å². The lowest BCUT2D eigenvalue weighted by atomic mass is 10.1. The number of alkyl halides is 3. The lowest BCUT2D eigenvalue weighted by molar-refractivity contribution is -0.138. The van der Waals surface area contributed by atoms with E-state index in [9.17, 15) is 18.0 Å². The Bertz CT molecular complexity index is 1430. The molecule has 35 heavy (non-hydrogen) atoms. The molecule has 4 aromatic rings. The molecule has 3 heterocycles. The lowest BCUT2D eigenvalue weighted by Crippen LogP contribution is -2.29. The first-order valence-corrected chi connectivity index (χ1v) is 10.8. The van der Waals surface area contributed by atoms with Gasteiger partial charge in [-0.15, -0.1) is 0 Å². The topological polar surface area (TPSA) is 81.1 Å². The molecule has 0 saturated carbocycles. The number of hydrogen-bond acceptors (Lipinski definition) is 6. The zero-order valence-electron chi connectivity index (χ0n) is 19.4. The molecule has 0 saturated heterocycles. The minimum Gasteiger partial charge on any atom is -0.487 e. The number of hydrogen-bond donors (Lipinski definition) is 2. The van der Waals surface area contributed by atoms with Crippen LogP contribution in [0, 0.1) is 13.8 Å². The van der Waals surface area contributed by atoms with Crippen LogP contribution in [0.2, 0.25) is 0 Å². The van der Waals surface area contributed by atoms with E-state index in [0.717, 1.165) is 33.0 Å². The number of nitrogens with one attached hydrogen (secondary N) is 2. The number of anilines is 1. The van der Waals surface area contributed by atoms with Crippen molar-refractivity contribution in [2.45, 2.75) is 33.2 Å². The number of nitrogens with zero attached hydrogens (tertiary/aromatic N) is 3. The smallest absolute Gasteiger partial charge is 0.421 e. The van der Waals surface area contributed by atoms with Gasteiger partial charge in [-0.1, -0.05) is 12.1 Å². The predicted octanol–water partition coefficient (Wildman–Crippen LogP) is 4.60. The molecule has 0 atom stereocenters. The first-order chi connectivity index (χ1) is 16.7. The van der Waals surface area contributed by atoms with Gasteiger partial charge < -0.3 is 14.7 Å². The monoisotopic (exact) mass is 483 g/mol. The van der Waals surface area contributed by atoms with Gasteiger partial charge >= 0.3 is 6.18 Å². The Kier molecular flexibility index (Phi) is 6.74. The molecule has 0 aliphatic rings. The standard InChI is InChI=1S/C25H24F3N5O2/c1-15-9-10-30-21(13-33-11-5-7-19(24(33)34)25(26,27)28)18(15)14-35-22-8-4-6-17-20(32-29-3)12-16(2)31-23(17)22/h4-12,29H,13-14H2,1-3H3,(H,31,32). The van der Waals surface area contributed by atoms with E-state index in [4.69, 9.17) is 4.74 Å². The third kappa shape index (κ3) is 5.12. The number of benzene rings is 1. The van der Waals surface area contributed by atoms with Crippen molar-refractivity contribution >= 4 is 16.6 Å². The maximum absolute atomic E-state index is 13.2. The molecular formula is C25H24F3N5O2. The number of aromatic nitrogens is 3. The third-order valence-electron chi connectivity index (χ3n) is 5.59. The molecule has 3 aromatic heterocycles. The van der Waals surface area contributed by atoms with E-state index in [2.05, 4.69) is 20.8 Å². The molecule has 10 heteroatoms. The molecular weight excluding hydrogens is 459 g/mol. The van der Waals surface area contributed by atoms with Crippen molar-refractivity contribution in [2.24, 2.45) is 0 Å². The molecule has 7 nitrogen and oxygen atoms in total. The van der Waals surface area contributed by atoms with Gasteiger partial charge in [0.1, 0.15) is 23.4 Å². The second kappa shape index (κ2) is 9.75. The summed E-state index contributed by atoms with van der Waals surface area (Å²) in [5.41, 5.74) is 7.97. The van der Waals surface area contributed by atoms with Gasteiger partial charge in [-0.25, -0.2) is 10.4 Å². The summed E-state index contributed by atoms with van der Waals surface area (Å²) in [4.78, 5) is 21.4. The van der Waals surface area contributed by atoms with E-state index in [0.29, 0.717) is 22.5 Å². The maximum atomic E-state index is 13.2. The van der Waals surface area contributed by atoms with Gasteiger partial charge in [-0.05, 0) is 49.7 Å². The van der Waals surface area contributed by atoms with Gasteiger partial charge in [0, 0.05) is 36.1 Å². The zero-order chi connectivity index (χ0) is 25.2. The van der Waals surface area contributed by atoms with Gasteiger partial charge in [-0.2, -0.15) is 13.2 Å². The Balaban J connectivity index is 1.67. The van der Waals surface area contributed by atoms with Gasteiger partial charge in [0.15, 0.2) is 0 Å². The molecule has 0 unspecified atom stereocenters. The number of para-hydroxylation sites is 1. The Morgan fingerprint density at radius 2 is 1.91 bits per heavy atom. The number of fused-ring (bicyclic) bond motifs is 1. The summed E-state index contributed by atoms with van der Waals surface area (Å²) < 4.78 is 46.7. The number of pyridine rings is 3.